The first-order chi connectivity index (χ1) is 8.97. The molecule has 0 aliphatic rings. The number of pyridine rings is 1. The van der Waals surface area contributed by atoms with Gasteiger partial charge in [0.15, 0.2) is 0 Å². The van der Waals surface area contributed by atoms with Crippen LogP contribution in [0.5, 0.6) is 0 Å². The topological polar surface area (TPSA) is 68.0 Å². The molecule has 0 bridgehead atoms. The van der Waals surface area contributed by atoms with Crippen molar-refractivity contribution < 1.29 is 9.18 Å². The fourth-order valence-corrected chi connectivity index (χ4v) is 1.99. The number of anilines is 2. The lowest BCUT2D eigenvalue weighted by Crippen LogP contribution is -2.13. The maximum absolute atomic E-state index is 13.0. The molecule has 98 valence electrons. The summed E-state index contributed by atoms with van der Waals surface area (Å²) in [5.74, 6) is -0.838. The molecule has 1 heterocycles. The van der Waals surface area contributed by atoms with Crippen molar-refractivity contribution in [3.8, 4) is 0 Å². The molecule has 0 spiro atoms. The second-order valence-corrected chi connectivity index (χ2v) is 4.48. The highest BCUT2D eigenvalue weighted by Crippen LogP contribution is 2.31. The number of benzene rings is 1. The maximum atomic E-state index is 13.0. The fraction of sp³-hybridized carbons (Fsp3) is 0. The molecule has 1 aromatic heterocycles. The average molecular weight is 300 g/mol. The van der Waals surface area contributed by atoms with Crippen LogP contribution >= 0.6 is 23.2 Å². The smallest absolute Gasteiger partial charge is 0.255 e. The van der Waals surface area contributed by atoms with E-state index < -0.39 is 11.7 Å². The Labute approximate surface area is 118 Å². The van der Waals surface area contributed by atoms with E-state index in [1.54, 1.807) is 0 Å². The number of hydrogen-bond donors (Lipinski definition) is 2. The first kappa shape index (κ1) is 13.6. The Bertz CT molecular complexity index is 626. The molecule has 0 unspecified atom stereocenters. The molecule has 4 nitrogen and oxygen atoms in total. The van der Waals surface area contributed by atoms with E-state index in [0.717, 1.165) is 12.1 Å². The molecule has 0 fully saturated rings. The Morgan fingerprint density at radius 3 is 2.47 bits per heavy atom. The number of hydrogen-bond acceptors (Lipinski definition) is 3. The van der Waals surface area contributed by atoms with E-state index in [1.165, 1.54) is 18.3 Å². The molecule has 7 heteroatoms. The minimum Gasteiger partial charge on any atom is -0.384 e. The molecule has 2 rings (SSSR count). The van der Waals surface area contributed by atoms with Gasteiger partial charge in [-0.1, -0.05) is 23.2 Å². The van der Waals surface area contributed by atoms with Crippen LogP contribution in [0.15, 0.2) is 30.5 Å². The van der Waals surface area contributed by atoms with Gasteiger partial charge in [-0.25, -0.2) is 9.37 Å². The molecular formula is C12H8Cl2FN3O. The van der Waals surface area contributed by atoms with Gasteiger partial charge in [-0.15, -0.1) is 0 Å². The van der Waals surface area contributed by atoms with Crippen LogP contribution in [-0.4, -0.2) is 10.9 Å². The highest BCUT2D eigenvalue weighted by atomic mass is 35.5. The highest BCUT2D eigenvalue weighted by molar-refractivity contribution is 6.40. The van der Waals surface area contributed by atoms with Crippen LogP contribution in [0.2, 0.25) is 10.0 Å². The van der Waals surface area contributed by atoms with Crippen LogP contribution in [-0.2, 0) is 0 Å². The van der Waals surface area contributed by atoms with Gasteiger partial charge in [0.25, 0.3) is 5.91 Å². The summed E-state index contributed by atoms with van der Waals surface area (Å²) in [5.41, 5.74) is 5.92. The van der Waals surface area contributed by atoms with E-state index in [9.17, 15) is 9.18 Å². The van der Waals surface area contributed by atoms with Crippen molar-refractivity contribution >= 4 is 40.6 Å². The van der Waals surface area contributed by atoms with E-state index in [0.29, 0.717) is 5.56 Å². The summed E-state index contributed by atoms with van der Waals surface area (Å²) >= 11 is 11.6. The third-order valence-electron chi connectivity index (χ3n) is 2.29. The van der Waals surface area contributed by atoms with Crippen LogP contribution < -0.4 is 11.1 Å². The molecule has 3 N–H and O–H groups in total. The van der Waals surface area contributed by atoms with Gasteiger partial charge in [0.1, 0.15) is 11.6 Å². The number of nitrogens with two attached hydrogens (primary N) is 1. The van der Waals surface area contributed by atoms with Gasteiger partial charge in [0.2, 0.25) is 0 Å². The Morgan fingerprint density at radius 1 is 1.26 bits per heavy atom. The number of nitrogen functional groups attached to an aromatic ring is 1. The molecule has 1 amide bonds. The van der Waals surface area contributed by atoms with Crippen molar-refractivity contribution in [2.75, 3.05) is 11.1 Å². The zero-order chi connectivity index (χ0) is 14.0. The molecule has 0 atom stereocenters. The molecule has 2 aromatic rings. The van der Waals surface area contributed by atoms with Gasteiger partial charge in [-0.05, 0) is 24.3 Å². The summed E-state index contributed by atoms with van der Waals surface area (Å²) in [6.07, 6.45) is 1.40. The second-order valence-electron chi connectivity index (χ2n) is 3.67. The summed E-state index contributed by atoms with van der Waals surface area (Å²) in [5, 5.41) is 2.52. The third-order valence-corrected chi connectivity index (χ3v) is 2.88. The van der Waals surface area contributed by atoms with Crippen molar-refractivity contribution in [1.29, 1.82) is 0 Å². The largest absolute Gasteiger partial charge is 0.384 e. The highest BCUT2D eigenvalue weighted by Gasteiger charge is 2.13. The van der Waals surface area contributed by atoms with E-state index in [2.05, 4.69) is 10.3 Å². The van der Waals surface area contributed by atoms with Gasteiger partial charge in [-0.2, -0.15) is 0 Å². The standard InChI is InChI=1S/C12H8Cl2FN3O/c13-8-4-7(15)5-9(14)11(8)18-12(19)6-1-2-17-10(16)3-6/h1-5H,(H2,16,17)(H,18,19). The summed E-state index contributed by atoms with van der Waals surface area (Å²) in [6.45, 7) is 0. The Morgan fingerprint density at radius 2 is 1.89 bits per heavy atom. The molecule has 0 saturated heterocycles. The van der Waals surface area contributed by atoms with Crippen LogP contribution in [0.3, 0.4) is 0 Å². The van der Waals surface area contributed by atoms with E-state index in [4.69, 9.17) is 28.9 Å². The van der Waals surface area contributed by atoms with Crippen LogP contribution in [0.25, 0.3) is 0 Å². The van der Waals surface area contributed by atoms with Crippen molar-refractivity contribution in [2.24, 2.45) is 0 Å². The van der Waals surface area contributed by atoms with Gasteiger partial charge in [-0.3, -0.25) is 4.79 Å². The average Bonchev–Trinajstić information content (AvgIpc) is 2.33. The first-order valence-electron chi connectivity index (χ1n) is 5.15. The van der Waals surface area contributed by atoms with Gasteiger partial charge < -0.3 is 11.1 Å². The molecule has 0 aliphatic carbocycles. The number of halogens is 3. The predicted octanol–water partition coefficient (Wildman–Crippen LogP) is 3.36. The number of nitrogens with zero attached hydrogens (tertiary/aromatic N) is 1. The number of carbonyl (C=O) groups excluding carboxylic acids is 1. The molecule has 19 heavy (non-hydrogen) atoms. The van der Waals surface area contributed by atoms with E-state index in [1.807, 2.05) is 0 Å². The lowest BCUT2D eigenvalue weighted by molar-refractivity contribution is 0.102. The monoisotopic (exact) mass is 299 g/mol. The first-order valence-corrected chi connectivity index (χ1v) is 5.90. The van der Waals surface area contributed by atoms with Crippen molar-refractivity contribution in [2.45, 2.75) is 0 Å². The lowest BCUT2D eigenvalue weighted by atomic mass is 10.2. The quantitative estimate of drug-likeness (QED) is 0.893. The number of nitrogens with one attached hydrogen (secondary N) is 1. The Kier molecular flexibility index (Phi) is 3.87. The van der Waals surface area contributed by atoms with Gasteiger partial charge >= 0.3 is 0 Å². The van der Waals surface area contributed by atoms with Crippen molar-refractivity contribution in [3.05, 3.63) is 51.9 Å². The second kappa shape index (κ2) is 5.42. The fourth-order valence-electron chi connectivity index (χ4n) is 1.44. The molecular weight excluding hydrogens is 292 g/mol. The predicted molar refractivity (Wildman–Crippen MR) is 73.0 cm³/mol. The molecule has 0 saturated carbocycles. The SMILES string of the molecule is Nc1cc(C(=O)Nc2c(Cl)cc(F)cc2Cl)ccn1. The maximum Gasteiger partial charge on any atom is 0.255 e. The van der Waals surface area contributed by atoms with Crippen molar-refractivity contribution in [1.82, 2.24) is 4.98 Å². The normalized spacial score (nSPS) is 10.3. The number of aromatic nitrogens is 1. The minimum atomic E-state index is -0.582. The number of rotatable bonds is 2. The van der Waals surface area contributed by atoms with Gasteiger partial charge in [0.05, 0.1) is 15.7 Å². The molecule has 0 aliphatic heterocycles. The minimum absolute atomic E-state index is 0.0142. The summed E-state index contributed by atoms with van der Waals surface area (Å²) in [6, 6.07) is 5.01. The van der Waals surface area contributed by atoms with Crippen LogP contribution in [0, 0.1) is 5.82 Å². The number of amides is 1. The van der Waals surface area contributed by atoms with E-state index >= 15 is 0 Å². The summed E-state index contributed by atoms with van der Waals surface area (Å²) in [7, 11) is 0. The zero-order valence-electron chi connectivity index (χ0n) is 9.45. The Hall–Kier alpha value is -1.85. The lowest BCUT2D eigenvalue weighted by Gasteiger charge is -2.09. The van der Waals surface area contributed by atoms with Gasteiger partial charge in [0, 0.05) is 11.8 Å². The molecule has 1 aromatic carbocycles. The number of carbonyl (C=O) groups is 1. The van der Waals surface area contributed by atoms with Crippen LogP contribution in [0.1, 0.15) is 10.4 Å². The Balaban J connectivity index is 2.29. The zero-order valence-corrected chi connectivity index (χ0v) is 11.0. The van der Waals surface area contributed by atoms with E-state index in [-0.39, 0.29) is 21.6 Å². The molecule has 0 radical (unpaired) electrons. The third kappa shape index (κ3) is 3.13. The van der Waals surface area contributed by atoms with Crippen molar-refractivity contribution in [3.63, 3.8) is 0 Å². The van der Waals surface area contributed by atoms with Crippen LogP contribution in [0.4, 0.5) is 15.9 Å². The summed E-state index contributed by atoms with van der Waals surface area (Å²) < 4.78 is 13.0. The summed E-state index contributed by atoms with van der Waals surface area (Å²) in [4.78, 5) is 15.7.